The number of carboxylic acids is 1. The van der Waals surface area contributed by atoms with Gasteiger partial charge in [0.25, 0.3) is 0 Å². The van der Waals surface area contributed by atoms with Crippen LogP contribution >= 0.6 is 0 Å². The lowest BCUT2D eigenvalue weighted by Gasteiger charge is -2.10. The number of benzene rings is 1. The highest BCUT2D eigenvalue weighted by Crippen LogP contribution is 2.28. The monoisotopic (exact) mass is 272 g/mol. The molecule has 20 heavy (non-hydrogen) atoms. The van der Waals surface area contributed by atoms with Gasteiger partial charge < -0.3 is 15.6 Å². The van der Waals surface area contributed by atoms with Crippen LogP contribution in [0, 0.1) is 6.92 Å². The molecule has 0 aliphatic carbocycles. The van der Waals surface area contributed by atoms with Crippen molar-refractivity contribution in [3.63, 3.8) is 0 Å². The van der Waals surface area contributed by atoms with E-state index in [9.17, 15) is 4.79 Å². The second-order valence-electron chi connectivity index (χ2n) is 4.37. The summed E-state index contributed by atoms with van der Waals surface area (Å²) in [6.45, 7) is 4.46. The normalized spacial score (nSPS) is 10.3. The van der Waals surface area contributed by atoms with Crippen LogP contribution in [0.3, 0.4) is 0 Å². The largest absolute Gasteiger partial charge is 0.494 e. The average Bonchev–Trinajstić information content (AvgIpc) is 2.40. The van der Waals surface area contributed by atoms with Gasteiger partial charge in [-0.25, -0.2) is 9.78 Å². The number of aryl methyl sites for hydroxylation is 1. The van der Waals surface area contributed by atoms with E-state index in [4.69, 9.17) is 15.6 Å². The van der Waals surface area contributed by atoms with E-state index < -0.39 is 5.97 Å². The van der Waals surface area contributed by atoms with Crippen LogP contribution in [0.25, 0.3) is 11.1 Å². The highest BCUT2D eigenvalue weighted by atomic mass is 16.5. The zero-order valence-electron chi connectivity index (χ0n) is 11.4. The summed E-state index contributed by atoms with van der Waals surface area (Å²) in [6.07, 6.45) is 1.57. The molecule has 3 N–H and O–H groups in total. The first-order chi connectivity index (χ1) is 9.52. The van der Waals surface area contributed by atoms with E-state index in [0.717, 1.165) is 22.4 Å². The number of ether oxygens (including phenoxy) is 1. The molecular formula is C15H16N2O3. The van der Waals surface area contributed by atoms with Gasteiger partial charge in [0.15, 0.2) is 0 Å². The Balaban J connectivity index is 2.46. The van der Waals surface area contributed by atoms with Gasteiger partial charge in [0.1, 0.15) is 17.1 Å². The van der Waals surface area contributed by atoms with Gasteiger partial charge in [-0.2, -0.15) is 0 Å². The second-order valence-corrected chi connectivity index (χ2v) is 4.37. The number of hydrogen-bond acceptors (Lipinski definition) is 4. The number of aromatic nitrogens is 1. The Bertz CT molecular complexity index is 654. The smallest absolute Gasteiger partial charge is 0.339 e. The molecule has 0 unspecified atom stereocenters. The van der Waals surface area contributed by atoms with Crippen LogP contribution in [0.2, 0.25) is 0 Å². The van der Waals surface area contributed by atoms with Crippen LogP contribution in [0.15, 0.2) is 30.5 Å². The molecule has 0 atom stereocenters. The molecule has 0 saturated carbocycles. The van der Waals surface area contributed by atoms with Crippen LogP contribution < -0.4 is 10.5 Å². The summed E-state index contributed by atoms with van der Waals surface area (Å²) in [6, 6.07) is 7.19. The molecule has 2 aromatic rings. The molecule has 0 saturated heterocycles. The molecule has 0 aliphatic rings. The van der Waals surface area contributed by atoms with E-state index in [0.29, 0.717) is 6.61 Å². The SMILES string of the molecule is CCOc1ccc(-c2cnc(N)c(C(=O)O)c2)c(C)c1. The van der Waals surface area contributed by atoms with Crippen molar-refractivity contribution in [2.24, 2.45) is 0 Å². The minimum Gasteiger partial charge on any atom is -0.494 e. The molecule has 1 aromatic heterocycles. The van der Waals surface area contributed by atoms with Crippen molar-refractivity contribution in [1.29, 1.82) is 0 Å². The second kappa shape index (κ2) is 5.61. The van der Waals surface area contributed by atoms with Crippen molar-refractivity contribution < 1.29 is 14.6 Å². The summed E-state index contributed by atoms with van der Waals surface area (Å²) in [5, 5.41) is 9.08. The topological polar surface area (TPSA) is 85.4 Å². The van der Waals surface area contributed by atoms with Gasteiger partial charge in [0.2, 0.25) is 0 Å². The number of nitrogen functional groups attached to an aromatic ring is 1. The molecule has 5 nitrogen and oxygen atoms in total. The van der Waals surface area contributed by atoms with E-state index in [1.54, 1.807) is 6.20 Å². The van der Waals surface area contributed by atoms with Crippen molar-refractivity contribution >= 4 is 11.8 Å². The van der Waals surface area contributed by atoms with Crippen LogP contribution in [0.4, 0.5) is 5.82 Å². The summed E-state index contributed by atoms with van der Waals surface area (Å²) in [5.74, 6) is -0.277. The van der Waals surface area contributed by atoms with Gasteiger partial charge >= 0.3 is 5.97 Å². The number of nitrogens with zero attached hydrogens (tertiary/aromatic N) is 1. The summed E-state index contributed by atoms with van der Waals surface area (Å²) in [7, 11) is 0. The van der Waals surface area contributed by atoms with Gasteiger partial charge in [0, 0.05) is 11.8 Å². The maximum atomic E-state index is 11.1. The number of nitrogens with two attached hydrogens (primary N) is 1. The number of carboxylic acid groups (broad SMARTS) is 1. The standard InChI is InChI=1S/C15H16N2O3/c1-3-20-11-4-5-12(9(2)6-11)10-7-13(15(18)19)14(16)17-8-10/h4-8H,3H2,1-2H3,(H2,16,17)(H,18,19). The maximum absolute atomic E-state index is 11.1. The van der Waals surface area contributed by atoms with E-state index in [2.05, 4.69) is 4.98 Å². The summed E-state index contributed by atoms with van der Waals surface area (Å²) >= 11 is 0. The molecule has 1 aromatic carbocycles. The van der Waals surface area contributed by atoms with Crippen molar-refractivity contribution in [1.82, 2.24) is 4.98 Å². The molecule has 0 aliphatic heterocycles. The number of hydrogen-bond donors (Lipinski definition) is 2. The molecule has 0 radical (unpaired) electrons. The van der Waals surface area contributed by atoms with Crippen molar-refractivity contribution in [2.75, 3.05) is 12.3 Å². The third-order valence-electron chi connectivity index (χ3n) is 2.97. The van der Waals surface area contributed by atoms with Crippen LogP contribution in [-0.2, 0) is 0 Å². The number of anilines is 1. The fraction of sp³-hybridized carbons (Fsp3) is 0.200. The summed E-state index contributed by atoms with van der Waals surface area (Å²) in [4.78, 5) is 15.0. The Morgan fingerprint density at radius 1 is 1.40 bits per heavy atom. The van der Waals surface area contributed by atoms with Crippen LogP contribution in [0.1, 0.15) is 22.8 Å². The predicted octanol–water partition coefficient (Wildman–Crippen LogP) is 2.74. The molecule has 5 heteroatoms. The van der Waals surface area contributed by atoms with Crippen LogP contribution in [0.5, 0.6) is 5.75 Å². The fourth-order valence-electron chi connectivity index (χ4n) is 2.01. The Morgan fingerprint density at radius 3 is 2.75 bits per heavy atom. The number of pyridine rings is 1. The highest BCUT2D eigenvalue weighted by Gasteiger charge is 2.12. The first-order valence-corrected chi connectivity index (χ1v) is 6.25. The number of aromatic carboxylic acids is 1. The minimum absolute atomic E-state index is 0.00999. The Labute approximate surface area is 117 Å². The van der Waals surface area contributed by atoms with Gasteiger partial charge in [0.05, 0.1) is 6.61 Å². The Morgan fingerprint density at radius 2 is 2.15 bits per heavy atom. The lowest BCUT2D eigenvalue weighted by Crippen LogP contribution is -2.04. The first kappa shape index (κ1) is 13.9. The minimum atomic E-state index is -1.08. The summed E-state index contributed by atoms with van der Waals surface area (Å²) in [5.41, 5.74) is 8.18. The van der Waals surface area contributed by atoms with Gasteiger partial charge in [-0.1, -0.05) is 6.07 Å². The molecule has 104 valence electrons. The molecule has 2 rings (SSSR count). The zero-order valence-corrected chi connectivity index (χ0v) is 11.4. The van der Waals surface area contributed by atoms with Crippen molar-refractivity contribution in [3.8, 4) is 16.9 Å². The zero-order chi connectivity index (χ0) is 14.7. The van der Waals surface area contributed by atoms with E-state index in [-0.39, 0.29) is 11.4 Å². The lowest BCUT2D eigenvalue weighted by molar-refractivity contribution is 0.0697. The average molecular weight is 272 g/mol. The predicted molar refractivity (Wildman–Crippen MR) is 77.0 cm³/mol. The molecular weight excluding hydrogens is 256 g/mol. The van der Waals surface area contributed by atoms with Crippen molar-refractivity contribution in [2.45, 2.75) is 13.8 Å². The molecule has 1 heterocycles. The third-order valence-corrected chi connectivity index (χ3v) is 2.97. The first-order valence-electron chi connectivity index (χ1n) is 6.25. The maximum Gasteiger partial charge on any atom is 0.339 e. The van der Waals surface area contributed by atoms with E-state index in [1.165, 1.54) is 6.07 Å². The Hall–Kier alpha value is -2.56. The van der Waals surface area contributed by atoms with Crippen LogP contribution in [-0.4, -0.2) is 22.7 Å². The molecule has 0 bridgehead atoms. The molecule has 0 spiro atoms. The van der Waals surface area contributed by atoms with E-state index in [1.807, 2.05) is 32.0 Å². The fourth-order valence-corrected chi connectivity index (χ4v) is 2.01. The third kappa shape index (κ3) is 2.71. The Kier molecular flexibility index (Phi) is 3.89. The number of carbonyl (C=O) groups is 1. The lowest BCUT2D eigenvalue weighted by atomic mass is 10.0. The molecule has 0 fully saturated rings. The van der Waals surface area contributed by atoms with Gasteiger partial charge in [-0.05, 0) is 43.2 Å². The quantitative estimate of drug-likeness (QED) is 0.893. The molecule has 0 amide bonds. The van der Waals surface area contributed by atoms with Crippen molar-refractivity contribution in [3.05, 3.63) is 41.6 Å². The highest BCUT2D eigenvalue weighted by molar-refractivity contribution is 5.94. The summed E-state index contributed by atoms with van der Waals surface area (Å²) < 4.78 is 5.43. The van der Waals surface area contributed by atoms with Gasteiger partial charge in [-0.3, -0.25) is 0 Å². The number of rotatable bonds is 4. The van der Waals surface area contributed by atoms with E-state index >= 15 is 0 Å². The van der Waals surface area contributed by atoms with Gasteiger partial charge in [-0.15, -0.1) is 0 Å².